The van der Waals surface area contributed by atoms with Crippen molar-refractivity contribution in [3.05, 3.63) is 41.3 Å². The van der Waals surface area contributed by atoms with Gasteiger partial charge >= 0.3 is 0 Å². The van der Waals surface area contributed by atoms with Crippen LogP contribution in [0.15, 0.2) is 24.5 Å². The van der Waals surface area contributed by atoms with E-state index in [2.05, 4.69) is 10.1 Å². The third-order valence-corrected chi connectivity index (χ3v) is 2.20. The van der Waals surface area contributed by atoms with Crippen molar-refractivity contribution in [3.63, 3.8) is 0 Å². The number of hydrogen-bond donors (Lipinski definition) is 2. The number of rotatable bonds is 2. The lowest BCUT2D eigenvalue weighted by atomic mass is 10.2. The zero-order chi connectivity index (χ0) is 11.7. The van der Waals surface area contributed by atoms with E-state index < -0.39 is 0 Å². The van der Waals surface area contributed by atoms with E-state index in [1.807, 2.05) is 20.0 Å². The van der Waals surface area contributed by atoms with Crippen molar-refractivity contribution in [1.82, 2.24) is 14.8 Å². The lowest BCUT2D eigenvalue weighted by Crippen LogP contribution is -2.13. The van der Waals surface area contributed by atoms with Gasteiger partial charge in [-0.3, -0.25) is 5.41 Å². The zero-order valence-electron chi connectivity index (χ0n) is 9.23. The van der Waals surface area contributed by atoms with Gasteiger partial charge in [0.05, 0.1) is 6.20 Å². The molecular weight excluding hydrogens is 202 g/mol. The fourth-order valence-corrected chi connectivity index (χ4v) is 1.46. The summed E-state index contributed by atoms with van der Waals surface area (Å²) in [4.78, 5) is 4.35. The highest BCUT2D eigenvalue weighted by Gasteiger charge is 2.05. The van der Waals surface area contributed by atoms with E-state index >= 15 is 0 Å². The van der Waals surface area contributed by atoms with Crippen molar-refractivity contribution >= 4 is 5.84 Å². The van der Waals surface area contributed by atoms with Crippen molar-refractivity contribution in [2.24, 2.45) is 5.73 Å². The molecule has 0 bridgehead atoms. The average molecular weight is 215 g/mol. The Morgan fingerprint density at radius 1 is 1.38 bits per heavy atom. The third kappa shape index (κ3) is 1.93. The van der Waals surface area contributed by atoms with Crippen molar-refractivity contribution in [3.8, 4) is 5.82 Å². The summed E-state index contributed by atoms with van der Waals surface area (Å²) in [5.74, 6) is 0.717. The number of amidine groups is 1. The van der Waals surface area contributed by atoms with Gasteiger partial charge in [0.2, 0.25) is 0 Å². The van der Waals surface area contributed by atoms with Gasteiger partial charge in [0.25, 0.3) is 0 Å². The molecule has 0 fully saturated rings. The van der Waals surface area contributed by atoms with Gasteiger partial charge in [-0.05, 0) is 31.5 Å². The van der Waals surface area contributed by atoms with Gasteiger partial charge in [0.1, 0.15) is 5.84 Å². The maximum atomic E-state index is 7.42. The minimum Gasteiger partial charge on any atom is -0.384 e. The molecule has 5 nitrogen and oxygen atoms in total. The van der Waals surface area contributed by atoms with Gasteiger partial charge in [0, 0.05) is 17.5 Å². The standard InChI is InChI=1S/C11H13N5/c1-7-5-14-16(6-7)10-4-9(11(12)13)3-8(2)15-10/h3-6H,1-2H3,(H3,12,13). The number of aromatic nitrogens is 3. The number of nitrogens with two attached hydrogens (primary N) is 1. The monoisotopic (exact) mass is 215 g/mol. The molecule has 2 rings (SSSR count). The summed E-state index contributed by atoms with van der Waals surface area (Å²) in [5, 5.41) is 11.6. The molecule has 82 valence electrons. The number of nitrogens with zero attached hydrogens (tertiary/aromatic N) is 3. The van der Waals surface area contributed by atoms with Crippen LogP contribution in [-0.2, 0) is 0 Å². The lowest BCUT2D eigenvalue weighted by Gasteiger charge is -2.05. The van der Waals surface area contributed by atoms with Crippen LogP contribution in [0.3, 0.4) is 0 Å². The van der Waals surface area contributed by atoms with Crippen LogP contribution in [0.2, 0.25) is 0 Å². The average Bonchev–Trinajstić information content (AvgIpc) is 2.64. The van der Waals surface area contributed by atoms with Crippen molar-refractivity contribution < 1.29 is 0 Å². The van der Waals surface area contributed by atoms with Gasteiger partial charge in [0.15, 0.2) is 5.82 Å². The fourth-order valence-electron chi connectivity index (χ4n) is 1.46. The first-order valence-electron chi connectivity index (χ1n) is 4.91. The topological polar surface area (TPSA) is 80.6 Å². The Kier molecular flexibility index (Phi) is 2.44. The molecule has 0 aromatic carbocycles. The Bertz CT molecular complexity index is 541. The lowest BCUT2D eigenvalue weighted by molar-refractivity contribution is 0.840. The Morgan fingerprint density at radius 3 is 2.69 bits per heavy atom. The van der Waals surface area contributed by atoms with E-state index in [-0.39, 0.29) is 5.84 Å². The molecule has 0 aliphatic heterocycles. The highest BCUT2D eigenvalue weighted by molar-refractivity contribution is 5.95. The van der Waals surface area contributed by atoms with Crippen LogP contribution < -0.4 is 5.73 Å². The number of nitrogens with one attached hydrogen (secondary N) is 1. The summed E-state index contributed by atoms with van der Waals surface area (Å²) in [6, 6.07) is 3.53. The second-order valence-electron chi connectivity index (χ2n) is 3.73. The van der Waals surface area contributed by atoms with Crippen LogP contribution >= 0.6 is 0 Å². The molecule has 0 saturated heterocycles. The van der Waals surface area contributed by atoms with Crippen molar-refractivity contribution in [2.45, 2.75) is 13.8 Å². The molecule has 0 aliphatic rings. The Morgan fingerprint density at radius 2 is 2.12 bits per heavy atom. The molecular formula is C11H13N5. The maximum Gasteiger partial charge on any atom is 0.154 e. The largest absolute Gasteiger partial charge is 0.384 e. The molecule has 5 heteroatoms. The smallest absolute Gasteiger partial charge is 0.154 e. The molecule has 2 heterocycles. The number of aryl methyl sites for hydroxylation is 2. The summed E-state index contributed by atoms with van der Waals surface area (Å²) in [5.41, 5.74) is 8.00. The van der Waals surface area contributed by atoms with Crippen molar-refractivity contribution in [2.75, 3.05) is 0 Å². The zero-order valence-corrected chi connectivity index (χ0v) is 9.23. The Balaban J connectivity index is 2.53. The molecule has 16 heavy (non-hydrogen) atoms. The first kappa shape index (κ1) is 10.4. The molecule has 0 atom stereocenters. The van der Waals surface area contributed by atoms with E-state index in [4.69, 9.17) is 11.1 Å². The quantitative estimate of drug-likeness (QED) is 0.582. The van der Waals surface area contributed by atoms with Gasteiger partial charge in [-0.1, -0.05) is 0 Å². The van der Waals surface area contributed by atoms with E-state index in [9.17, 15) is 0 Å². The molecule has 0 spiro atoms. The number of nitrogen functional groups attached to an aromatic ring is 1. The first-order chi connectivity index (χ1) is 7.56. The SMILES string of the molecule is Cc1cnn(-c2cc(C(=N)N)cc(C)n2)c1. The fraction of sp³-hybridized carbons (Fsp3) is 0.182. The van der Waals surface area contributed by atoms with Gasteiger partial charge in [-0.2, -0.15) is 5.10 Å². The van der Waals surface area contributed by atoms with E-state index in [1.54, 1.807) is 23.0 Å². The Labute approximate surface area is 93.4 Å². The highest BCUT2D eigenvalue weighted by atomic mass is 15.3. The molecule has 0 aliphatic carbocycles. The third-order valence-electron chi connectivity index (χ3n) is 2.20. The number of hydrogen-bond acceptors (Lipinski definition) is 3. The van der Waals surface area contributed by atoms with Crippen LogP contribution in [0.25, 0.3) is 5.82 Å². The van der Waals surface area contributed by atoms with Gasteiger partial charge in [-0.25, -0.2) is 9.67 Å². The molecule has 0 unspecified atom stereocenters. The highest BCUT2D eigenvalue weighted by Crippen LogP contribution is 2.09. The molecule has 0 amide bonds. The van der Waals surface area contributed by atoms with Crippen LogP contribution in [0.1, 0.15) is 16.8 Å². The normalized spacial score (nSPS) is 10.4. The van der Waals surface area contributed by atoms with E-state index in [1.165, 1.54) is 0 Å². The second-order valence-corrected chi connectivity index (χ2v) is 3.73. The molecule has 2 aromatic rings. The first-order valence-corrected chi connectivity index (χ1v) is 4.91. The predicted octanol–water partition coefficient (Wildman–Crippen LogP) is 1.17. The molecule has 3 N–H and O–H groups in total. The Hall–Kier alpha value is -2.17. The summed E-state index contributed by atoms with van der Waals surface area (Å²) in [7, 11) is 0. The van der Waals surface area contributed by atoms with Gasteiger partial charge < -0.3 is 5.73 Å². The maximum absolute atomic E-state index is 7.42. The van der Waals surface area contributed by atoms with E-state index in [0.717, 1.165) is 11.3 Å². The van der Waals surface area contributed by atoms with E-state index in [0.29, 0.717) is 11.4 Å². The minimum absolute atomic E-state index is 0.0376. The summed E-state index contributed by atoms with van der Waals surface area (Å²) < 4.78 is 1.68. The van der Waals surface area contributed by atoms with Gasteiger partial charge in [-0.15, -0.1) is 0 Å². The number of pyridine rings is 1. The summed E-state index contributed by atoms with van der Waals surface area (Å²) >= 11 is 0. The molecule has 0 saturated carbocycles. The van der Waals surface area contributed by atoms with Crippen molar-refractivity contribution in [1.29, 1.82) is 5.41 Å². The minimum atomic E-state index is 0.0376. The summed E-state index contributed by atoms with van der Waals surface area (Å²) in [6.45, 7) is 3.83. The van der Waals surface area contributed by atoms with Crippen LogP contribution in [0.4, 0.5) is 0 Å². The predicted molar refractivity (Wildman–Crippen MR) is 61.8 cm³/mol. The van der Waals surface area contributed by atoms with Crippen LogP contribution in [-0.4, -0.2) is 20.6 Å². The molecule has 2 aromatic heterocycles. The summed E-state index contributed by atoms with van der Waals surface area (Å²) in [6.07, 6.45) is 3.64. The van der Waals surface area contributed by atoms with Crippen LogP contribution in [0.5, 0.6) is 0 Å². The van der Waals surface area contributed by atoms with Crippen LogP contribution in [0, 0.1) is 19.3 Å². The molecule has 0 radical (unpaired) electrons. The second kappa shape index (κ2) is 3.77.